The summed E-state index contributed by atoms with van der Waals surface area (Å²) in [7, 11) is 0. The molecule has 1 N–H and O–H groups in total. The van der Waals surface area contributed by atoms with E-state index in [2.05, 4.69) is 22.4 Å². The minimum Gasteiger partial charge on any atom is -0.490 e. The first-order valence-corrected chi connectivity index (χ1v) is 12.0. The standard InChI is InChI=1S/C23H26N2O4S2/c1-4-27-19-12-16(13-20(28-5-2)21(19)29-6-3)22(26)25-23-24-17(15-31-23)14-30-18-10-8-7-9-11-18/h7-13,15H,4-6,14H2,1-3H3,(H,24,25,26). The third kappa shape index (κ3) is 6.38. The molecule has 0 radical (unpaired) electrons. The summed E-state index contributed by atoms with van der Waals surface area (Å²) in [6, 6.07) is 13.5. The number of thioether (sulfide) groups is 1. The number of nitrogens with one attached hydrogen (secondary N) is 1. The first kappa shape index (κ1) is 23.0. The number of carbonyl (C=O) groups is 1. The van der Waals surface area contributed by atoms with E-state index in [1.54, 1.807) is 23.9 Å². The summed E-state index contributed by atoms with van der Waals surface area (Å²) in [6.07, 6.45) is 0. The minimum atomic E-state index is -0.276. The third-order valence-corrected chi connectivity index (χ3v) is 5.93. The molecule has 6 nitrogen and oxygen atoms in total. The molecule has 0 aliphatic heterocycles. The van der Waals surface area contributed by atoms with E-state index in [1.807, 2.05) is 44.4 Å². The van der Waals surface area contributed by atoms with Crippen LogP contribution in [0.15, 0.2) is 52.7 Å². The van der Waals surface area contributed by atoms with Gasteiger partial charge >= 0.3 is 0 Å². The second kappa shape index (κ2) is 11.6. The van der Waals surface area contributed by atoms with Gasteiger partial charge in [0.05, 0.1) is 25.5 Å². The van der Waals surface area contributed by atoms with E-state index in [9.17, 15) is 4.79 Å². The highest BCUT2D eigenvalue weighted by Gasteiger charge is 2.19. The first-order valence-electron chi connectivity index (χ1n) is 10.1. The smallest absolute Gasteiger partial charge is 0.257 e. The Hall–Kier alpha value is -2.71. The van der Waals surface area contributed by atoms with Gasteiger partial charge < -0.3 is 14.2 Å². The molecule has 1 heterocycles. The zero-order chi connectivity index (χ0) is 22.1. The molecule has 0 spiro atoms. The maximum absolute atomic E-state index is 12.9. The first-order chi connectivity index (χ1) is 15.1. The fourth-order valence-electron chi connectivity index (χ4n) is 2.79. The normalized spacial score (nSPS) is 10.5. The number of anilines is 1. The molecule has 1 amide bonds. The molecular formula is C23H26N2O4S2. The summed E-state index contributed by atoms with van der Waals surface area (Å²) in [5, 5.41) is 5.39. The van der Waals surface area contributed by atoms with Gasteiger partial charge in [-0.05, 0) is 45.0 Å². The number of aromatic nitrogens is 1. The van der Waals surface area contributed by atoms with Crippen molar-refractivity contribution in [2.75, 3.05) is 25.1 Å². The van der Waals surface area contributed by atoms with Crippen LogP contribution in [0.3, 0.4) is 0 Å². The van der Waals surface area contributed by atoms with Crippen molar-refractivity contribution < 1.29 is 19.0 Å². The maximum Gasteiger partial charge on any atom is 0.257 e. The number of nitrogens with zero attached hydrogens (tertiary/aromatic N) is 1. The van der Waals surface area contributed by atoms with E-state index in [-0.39, 0.29) is 5.91 Å². The number of thiazole rings is 1. The molecule has 0 saturated heterocycles. The van der Waals surface area contributed by atoms with Crippen LogP contribution in [-0.4, -0.2) is 30.7 Å². The molecule has 1 aromatic heterocycles. The van der Waals surface area contributed by atoms with Crippen molar-refractivity contribution in [2.45, 2.75) is 31.4 Å². The molecule has 164 valence electrons. The SMILES string of the molecule is CCOc1cc(C(=O)Nc2nc(CSc3ccccc3)cs2)cc(OCC)c1OCC. The molecule has 0 atom stereocenters. The lowest BCUT2D eigenvalue weighted by Gasteiger charge is -2.16. The van der Waals surface area contributed by atoms with Gasteiger partial charge in [0.25, 0.3) is 5.91 Å². The van der Waals surface area contributed by atoms with Crippen molar-refractivity contribution in [2.24, 2.45) is 0 Å². The molecule has 8 heteroatoms. The Morgan fingerprint density at radius 2 is 1.65 bits per heavy atom. The molecule has 0 aliphatic rings. The lowest BCUT2D eigenvalue weighted by molar-refractivity contribution is 0.102. The molecular weight excluding hydrogens is 432 g/mol. The summed E-state index contributed by atoms with van der Waals surface area (Å²) in [4.78, 5) is 18.6. The second-order valence-electron chi connectivity index (χ2n) is 6.30. The lowest BCUT2D eigenvalue weighted by Crippen LogP contribution is -2.13. The van der Waals surface area contributed by atoms with Gasteiger partial charge in [-0.15, -0.1) is 23.1 Å². The molecule has 0 bridgehead atoms. The Morgan fingerprint density at radius 1 is 1.00 bits per heavy atom. The van der Waals surface area contributed by atoms with Gasteiger partial charge in [-0.25, -0.2) is 4.98 Å². The molecule has 0 aliphatic carbocycles. The van der Waals surface area contributed by atoms with E-state index in [1.165, 1.54) is 16.2 Å². The van der Waals surface area contributed by atoms with Crippen LogP contribution in [0.2, 0.25) is 0 Å². The maximum atomic E-state index is 12.9. The van der Waals surface area contributed by atoms with Crippen molar-refractivity contribution in [3.8, 4) is 17.2 Å². The van der Waals surface area contributed by atoms with Gasteiger partial charge in [0, 0.05) is 21.6 Å². The Morgan fingerprint density at radius 3 is 2.26 bits per heavy atom. The third-order valence-electron chi connectivity index (χ3n) is 4.07. The number of benzene rings is 2. The van der Waals surface area contributed by atoms with Crippen molar-refractivity contribution >= 4 is 34.1 Å². The van der Waals surface area contributed by atoms with E-state index >= 15 is 0 Å². The van der Waals surface area contributed by atoms with Crippen LogP contribution >= 0.6 is 23.1 Å². The molecule has 2 aromatic carbocycles. The van der Waals surface area contributed by atoms with Gasteiger partial charge in [-0.3, -0.25) is 10.1 Å². The summed E-state index contributed by atoms with van der Waals surface area (Å²) >= 11 is 3.11. The highest BCUT2D eigenvalue weighted by atomic mass is 32.2. The van der Waals surface area contributed by atoms with Crippen molar-refractivity contribution in [1.29, 1.82) is 0 Å². The van der Waals surface area contributed by atoms with Gasteiger partial charge in [-0.2, -0.15) is 0 Å². The number of carbonyl (C=O) groups excluding carboxylic acids is 1. The number of amides is 1. The van der Waals surface area contributed by atoms with Crippen LogP contribution in [0.25, 0.3) is 0 Å². The number of rotatable bonds is 11. The van der Waals surface area contributed by atoms with E-state index in [0.717, 1.165) is 11.4 Å². The van der Waals surface area contributed by atoms with Gasteiger partial charge in [0.15, 0.2) is 16.6 Å². The van der Waals surface area contributed by atoms with Gasteiger partial charge in [0.1, 0.15) is 0 Å². The Balaban J connectivity index is 1.73. The summed E-state index contributed by atoms with van der Waals surface area (Å²) in [5.74, 6) is 1.94. The van der Waals surface area contributed by atoms with Crippen LogP contribution in [-0.2, 0) is 5.75 Å². The highest BCUT2D eigenvalue weighted by molar-refractivity contribution is 7.98. The molecule has 3 aromatic rings. The molecule has 0 saturated carbocycles. The fourth-order valence-corrected chi connectivity index (χ4v) is 4.42. The lowest BCUT2D eigenvalue weighted by atomic mass is 10.1. The number of hydrogen-bond acceptors (Lipinski definition) is 7. The molecule has 0 fully saturated rings. The quantitative estimate of drug-likeness (QED) is 0.362. The minimum absolute atomic E-state index is 0.276. The summed E-state index contributed by atoms with van der Waals surface area (Å²) < 4.78 is 17.1. The Labute approximate surface area is 191 Å². The number of hydrogen-bond donors (Lipinski definition) is 1. The molecule has 31 heavy (non-hydrogen) atoms. The zero-order valence-corrected chi connectivity index (χ0v) is 19.5. The monoisotopic (exact) mass is 458 g/mol. The largest absolute Gasteiger partial charge is 0.490 e. The van der Waals surface area contributed by atoms with Crippen molar-refractivity contribution in [3.05, 3.63) is 59.1 Å². The topological polar surface area (TPSA) is 69.7 Å². The van der Waals surface area contributed by atoms with Crippen LogP contribution in [0.4, 0.5) is 5.13 Å². The number of ether oxygens (including phenoxy) is 3. The Kier molecular flexibility index (Phi) is 8.61. The Bertz CT molecular complexity index is 965. The fraction of sp³-hybridized carbons (Fsp3) is 0.304. The zero-order valence-electron chi connectivity index (χ0n) is 17.8. The van der Waals surface area contributed by atoms with Crippen LogP contribution in [0.5, 0.6) is 17.2 Å². The summed E-state index contributed by atoms with van der Waals surface area (Å²) in [5.41, 5.74) is 1.34. The van der Waals surface area contributed by atoms with Gasteiger partial charge in [-0.1, -0.05) is 18.2 Å². The van der Waals surface area contributed by atoms with Crippen LogP contribution in [0, 0.1) is 0 Å². The second-order valence-corrected chi connectivity index (χ2v) is 8.21. The van der Waals surface area contributed by atoms with Crippen LogP contribution in [0.1, 0.15) is 36.8 Å². The van der Waals surface area contributed by atoms with E-state index < -0.39 is 0 Å². The van der Waals surface area contributed by atoms with Gasteiger partial charge in [0.2, 0.25) is 5.75 Å². The molecule has 3 rings (SSSR count). The van der Waals surface area contributed by atoms with Crippen molar-refractivity contribution in [3.63, 3.8) is 0 Å². The highest BCUT2D eigenvalue weighted by Crippen LogP contribution is 2.39. The average molecular weight is 459 g/mol. The van der Waals surface area contributed by atoms with Crippen molar-refractivity contribution in [1.82, 2.24) is 4.98 Å². The van der Waals surface area contributed by atoms with E-state index in [0.29, 0.717) is 47.8 Å². The predicted molar refractivity (Wildman–Crippen MR) is 126 cm³/mol. The predicted octanol–water partition coefficient (Wildman–Crippen LogP) is 5.88. The van der Waals surface area contributed by atoms with E-state index in [4.69, 9.17) is 14.2 Å². The molecule has 0 unspecified atom stereocenters. The van der Waals surface area contributed by atoms with Crippen LogP contribution < -0.4 is 19.5 Å². The average Bonchev–Trinajstić information content (AvgIpc) is 3.22. The summed E-state index contributed by atoms with van der Waals surface area (Å²) in [6.45, 7) is 7.02.